The van der Waals surface area contributed by atoms with E-state index in [0.717, 1.165) is 15.8 Å². The fourth-order valence-electron chi connectivity index (χ4n) is 2.47. The van der Waals surface area contributed by atoms with Crippen molar-refractivity contribution in [3.8, 4) is 11.4 Å². The zero-order valence-corrected chi connectivity index (χ0v) is 17.9. The molecule has 0 spiro atoms. The van der Waals surface area contributed by atoms with Crippen LogP contribution in [0.1, 0.15) is 16.1 Å². The molecule has 2 heterocycles. The van der Waals surface area contributed by atoms with Crippen LogP contribution in [-0.4, -0.2) is 32.3 Å². The number of amides is 2. The SMILES string of the molecule is C=CCn1c(SCC(=O)NNC(=O)c2ccc(Br)cc2)nnc1-c1ccoc1C. The number of hydrazine groups is 1. The van der Waals surface area contributed by atoms with Gasteiger partial charge in [-0.2, -0.15) is 0 Å². The minimum absolute atomic E-state index is 0.0558. The average molecular weight is 476 g/mol. The van der Waals surface area contributed by atoms with Gasteiger partial charge >= 0.3 is 0 Å². The molecule has 0 radical (unpaired) electrons. The normalized spacial score (nSPS) is 10.6. The van der Waals surface area contributed by atoms with Crippen molar-refractivity contribution in [2.24, 2.45) is 0 Å². The quantitative estimate of drug-likeness (QED) is 0.308. The molecule has 0 aliphatic carbocycles. The van der Waals surface area contributed by atoms with Crippen LogP contribution < -0.4 is 10.9 Å². The zero-order valence-electron chi connectivity index (χ0n) is 15.5. The summed E-state index contributed by atoms with van der Waals surface area (Å²) in [6, 6.07) is 8.61. The van der Waals surface area contributed by atoms with Gasteiger partial charge in [-0.25, -0.2) is 0 Å². The highest BCUT2D eigenvalue weighted by Gasteiger charge is 2.17. The summed E-state index contributed by atoms with van der Waals surface area (Å²) in [5, 5.41) is 8.95. The first-order chi connectivity index (χ1) is 14.0. The van der Waals surface area contributed by atoms with E-state index in [-0.39, 0.29) is 11.7 Å². The van der Waals surface area contributed by atoms with Crippen LogP contribution in [0.4, 0.5) is 0 Å². The molecule has 10 heteroatoms. The highest BCUT2D eigenvalue weighted by molar-refractivity contribution is 9.10. The lowest BCUT2D eigenvalue weighted by molar-refractivity contribution is -0.119. The zero-order chi connectivity index (χ0) is 20.8. The topological polar surface area (TPSA) is 102 Å². The van der Waals surface area contributed by atoms with Crippen molar-refractivity contribution in [1.29, 1.82) is 0 Å². The number of nitrogens with zero attached hydrogens (tertiary/aromatic N) is 3. The van der Waals surface area contributed by atoms with Gasteiger partial charge in [0, 0.05) is 16.6 Å². The van der Waals surface area contributed by atoms with E-state index in [2.05, 4.69) is 43.6 Å². The van der Waals surface area contributed by atoms with Crippen LogP contribution in [0.25, 0.3) is 11.4 Å². The second-order valence-corrected chi connectivity index (χ2v) is 7.75. The summed E-state index contributed by atoms with van der Waals surface area (Å²) in [6.45, 7) is 6.09. The second kappa shape index (κ2) is 9.57. The van der Waals surface area contributed by atoms with Crippen LogP contribution in [0.15, 0.2) is 63.3 Å². The Kier molecular flexibility index (Phi) is 6.89. The molecule has 2 amide bonds. The third-order valence-corrected chi connectivity index (χ3v) is 5.38. The van der Waals surface area contributed by atoms with Gasteiger partial charge in [-0.1, -0.05) is 33.8 Å². The van der Waals surface area contributed by atoms with E-state index < -0.39 is 5.91 Å². The first-order valence-electron chi connectivity index (χ1n) is 8.55. The third-order valence-electron chi connectivity index (χ3n) is 3.88. The van der Waals surface area contributed by atoms with Crippen molar-refractivity contribution in [3.63, 3.8) is 0 Å². The van der Waals surface area contributed by atoms with E-state index in [1.54, 1.807) is 36.6 Å². The number of aryl methyl sites for hydroxylation is 1. The van der Waals surface area contributed by atoms with Crippen LogP contribution in [0, 0.1) is 6.92 Å². The number of aromatic nitrogens is 3. The first-order valence-corrected chi connectivity index (χ1v) is 10.3. The molecule has 1 aromatic carbocycles. The predicted octanol–water partition coefficient (Wildman–Crippen LogP) is 3.35. The van der Waals surface area contributed by atoms with Gasteiger partial charge in [0.25, 0.3) is 5.91 Å². The van der Waals surface area contributed by atoms with Gasteiger partial charge in [0.1, 0.15) is 5.76 Å². The lowest BCUT2D eigenvalue weighted by Crippen LogP contribution is -2.42. The number of carbonyl (C=O) groups is 2. The molecule has 0 aliphatic heterocycles. The van der Waals surface area contributed by atoms with Crippen LogP contribution in [0.5, 0.6) is 0 Å². The summed E-state index contributed by atoms with van der Waals surface area (Å²) < 4.78 is 8.05. The van der Waals surface area contributed by atoms with Crippen molar-refractivity contribution in [2.45, 2.75) is 18.6 Å². The van der Waals surface area contributed by atoms with Gasteiger partial charge in [-0.15, -0.1) is 16.8 Å². The van der Waals surface area contributed by atoms with Crippen LogP contribution in [-0.2, 0) is 11.3 Å². The Balaban J connectivity index is 1.59. The first kappa shape index (κ1) is 20.9. The fraction of sp³-hybridized carbons (Fsp3) is 0.158. The van der Waals surface area contributed by atoms with Crippen LogP contribution >= 0.6 is 27.7 Å². The molecule has 2 aromatic heterocycles. The molecule has 0 aliphatic rings. The molecule has 0 unspecified atom stereocenters. The van der Waals surface area contributed by atoms with E-state index in [1.807, 2.05) is 17.6 Å². The minimum atomic E-state index is -0.400. The predicted molar refractivity (Wildman–Crippen MR) is 113 cm³/mol. The maximum absolute atomic E-state index is 12.1. The molecule has 0 bridgehead atoms. The maximum Gasteiger partial charge on any atom is 0.269 e. The molecule has 0 fully saturated rings. The van der Waals surface area contributed by atoms with E-state index in [0.29, 0.717) is 23.1 Å². The highest BCUT2D eigenvalue weighted by Crippen LogP contribution is 2.27. The highest BCUT2D eigenvalue weighted by atomic mass is 79.9. The summed E-state index contributed by atoms with van der Waals surface area (Å²) in [7, 11) is 0. The Bertz CT molecular complexity index is 1030. The minimum Gasteiger partial charge on any atom is -0.469 e. The van der Waals surface area contributed by atoms with Crippen molar-refractivity contribution >= 4 is 39.5 Å². The number of hydrogen-bond acceptors (Lipinski definition) is 6. The molecule has 150 valence electrons. The summed E-state index contributed by atoms with van der Waals surface area (Å²) in [4.78, 5) is 24.2. The van der Waals surface area contributed by atoms with Crippen molar-refractivity contribution in [1.82, 2.24) is 25.6 Å². The fourth-order valence-corrected chi connectivity index (χ4v) is 3.48. The summed E-state index contributed by atoms with van der Waals surface area (Å²) in [5.41, 5.74) is 6.06. The molecule has 29 heavy (non-hydrogen) atoms. The number of allylic oxidation sites excluding steroid dienone is 1. The monoisotopic (exact) mass is 475 g/mol. The molecule has 8 nitrogen and oxygen atoms in total. The van der Waals surface area contributed by atoms with Crippen molar-refractivity contribution < 1.29 is 14.0 Å². The Morgan fingerprint density at radius 1 is 1.24 bits per heavy atom. The number of carbonyl (C=O) groups excluding carboxylic acids is 2. The molecular weight excluding hydrogens is 458 g/mol. The van der Waals surface area contributed by atoms with Crippen LogP contribution in [0.2, 0.25) is 0 Å². The molecular formula is C19H18BrN5O3S. The van der Waals surface area contributed by atoms with E-state index in [4.69, 9.17) is 4.42 Å². The van der Waals surface area contributed by atoms with Gasteiger partial charge in [0.2, 0.25) is 5.91 Å². The van der Waals surface area contributed by atoms with Gasteiger partial charge in [-0.05, 0) is 37.3 Å². The number of nitrogens with one attached hydrogen (secondary N) is 2. The largest absolute Gasteiger partial charge is 0.469 e. The Hall–Kier alpha value is -2.85. The smallest absolute Gasteiger partial charge is 0.269 e. The number of rotatable bonds is 7. The maximum atomic E-state index is 12.1. The number of halogens is 1. The van der Waals surface area contributed by atoms with E-state index >= 15 is 0 Å². The lowest BCUT2D eigenvalue weighted by Gasteiger charge is -2.09. The summed E-state index contributed by atoms with van der Waals surface area (Å²) in [6.07, 6.45) is 3.32. The number of hydrogen-bond donors (Lipinski definition) is 2. The summed E-state index contributed by atoms with van der Waals surface area (Å²) in [5.74, 6) is 0.661. The van der Waals surface area contributed by atoms with Gasteiger partial charge in [0.05, 0.1) is 17.6 Å². The number of furan rings is 1. The van der Waals surface area contributed by atoms with Crippen LogP contribution in [0.3, 0.4) is 0 Å². The van der Waals surface area contributed by atoms with Crippen molar-refractivity contribution in [3.05, 3.63) is 65.0 Å². The summed E-state index contributed by atoms with van der Waals surface area (Å²) >= 11 is 4.52. The number of thioether (sulfide) groups is 1. The van der Waals surface area contributed by atoms with Gasteiger partial charge in [0.15, 0.2) is 11.0 Å². The van der Waals surface area contributed by atoms with Crippen molar-refractivity contribution in [2.75, 3.05) is 5.75 Å². The Morgan fingerprint density at radius 3 is 2.66 bits per heavy atom. The molecule has 0 saturated carbocycles. The van der Waals surface area contributed by atoms with Gasteiger partial charge in [-0.3, -0.25) is 25.0 Å². The Labute approximate surface area is 179 Å². The van der Waals surface area contributed by atoms with Gasteiger partial charge < -0.3 is 4.42 Å². The second-order valence-electron chi connectivity index (χ2n) is 5.89. The average Bonchev–Trinajstić information content (AvgIpc) is 3.31. The lowest BCUT2D eigenvalue weighted by atomic mass is 10.2. The third kappa shape index (κ3) is 5.15. The molecule has 3 rings (SSSR count). The number of benzene rings is 1. The molecule has 0 atom stereocenters. The van der Waals surface area contributed by atoms with E-state index in [1.165, 1.54) is 11.8 Å². The van der Waals surface area contributed by atoms with E-state index in [9.17, 15) is 9.59 Å². The standard InChI is InChI=1S/C19H18BrN5O3S/c1-3-9-25-17(15-8-10-28-12(15)2)22-24-19(25)29-11-16(26)21-23-18(27)13-4-6-14(20)7-5-13/h3-8,10H,1,9,11H2,2H3,(H,21,26)(H,23,27). The molecule has 0 saturated heterocycles. The Morgan fingerprint density at radius 2 is 2.00 bits per heavy atom. The molecule has 3 aromatic rings. The molecule has 2 N–H and O–H groups in total.